The van der Waals surface area contributed by atoms with Crippen LogP contribution in [0.5, 0.6) is 0 Å². The third-order valence-corrected chi connectivity index (χ3v) is 2.93. The third kappa shape index (κ3) is 2.57. The molecule has 0 unspecified atom stereocenters. The largest absolute Gasteiger partial charge is 0.290 e. The molecule has 0 N–H and O–H groups in total. The molecule has 1 nitrogen and oxygen atoms in total. The van der Waals surface area contributed by atoms with Crippen LogP contribution in [0.1, 0.15) is 47.0 Å². The molecule has 0 heterocycles. The molecule has 0 spiro atoms. The maximum Gasteiger partial charge on any atom is 0.181 e. The summed E-state index contributed by atoms with van der Waals surface area (Å²) in [7, 11) is 0. The van der Waals surface area contributed by atoms with Crippen molar-refractivity contribution in [1.29, 1.82) is 0 Å². The van der Waals surface area contributed by atoms with Crippen molar-refractivity contribution in [3.8, 4) is 0 Å². The lowest BCUT2D eigenvalue weighted by atomic mass is 9.74. The maximum atomic E-state index is 11.7. The van der Waals surface area contributed by atoms with Crippen molar-refractivity contribution in [1.82, 2.24) is 0 Å². The molecule has 0 atom stereocenters. The fourth-order valence-corrected chi connectivity index (χ4v) is 2.18. The standard InChI is InChI=1S/C13H20O/c1-5-6-12(14)11-7-8-13(3,4)9-10(11)2/h5-6H,7-9H2,1-4H3/b6-5+. The molecule has 0 saturated heterocycles. The molecule has 0 amide bonds. The van der Waals surface area contributed by atoms with E-state index in [9.17, 15) is 4.79 Å². The molecule has 0 aliphatic heterocycles. The van der Waals surface area contributed by atoms with Crippen LogP contribution in [-0.2, 0) is 4.79 Å². The van der Waals surface area contributed by atoms with Gasteiger partial charge in [0, 0.05) is 0 Å². The van der Waals surface area contributed by atoms with Gasteiger partial charge in [-0.15, -0.1) is 0 Å². The molecule has 1 aliphatic rings. The van der Waals surface area contributed by atoms with Crippen molar-refractivity contribution in [3.05, 3.63) is 23.3 Å². The summed E-state index contributed by atoms with van der Waals surface area (Å²) in [5, 5.41) is 0. The average molecular weight is 192 g/mol. The van der Waals surface area contributed by atoms with Gasteiger partial charge in [-0.3, -0.25) is 4.79 Å². The Morgan fingerprint density at radius 3 is 2.57 bits per heavy atom. The first-order valence-electron chi connectivity index (χ1n) is 5.32. The molecule has 0 bridgehead atoms. The number of rotatable bonds is 2. The van der Waals surface area contributed by atoms with Crippen LogP contribution < -0.4 is 0 Å². The van der Waals surface area contributed by atoms with E-state index in [1.807, 2.05) is 13.0 Å². The number of carbonyl (C=O) groups is 1. The van der Waals surface area contributed by atoms with Crippen molar-refractivity contribution in [2.75, 3.05) is 0 Å². The SMILES string of the molecule is C/C=C/C(=O)C1=C(C)CC(C)(C)CC1. The zero-order chi connectivity index (χ0) is 10.8. The van der Waals surface area contributed by atoms with Gasteiger partial charge in [-0.25, -0.2) is 0 Å². The number of hydrogen-bond donors (Lipinski definition) is 0. The Kier molecular flexibility index (Phi) is 3.30. The Balaban J connectivity index is 2.86. The van der Waals surface area contributed by atoms with E-state index < -0.39 is 0 Å². The molecule has 78 valence electrons. The Morgan fingerprint density at radius 1 is 1.43 bits per heavy atom. The fraction of sp³-hybridized carbons (Fsp3) is 0.615. The highest BCUT2D eigenvalue weighted by Crippen LogP contribution is 2.38. The minimum absolute atomic E-state index is 0.209. The average Bonchev–Trinajstić information content (AvgIpc) is 2.02. The third-order valence-electron chi connectivity index (χ3n) is 2.93. The van der Waals surface area contributed by atoms with E-state index in [1.54, 1.807) is 6.08 Å². The van der Waals surface area contributed by atoms with Crippen molar-refractivity contribution in [2.45, 2.75) is 47.0 Å². The predicted octanol–water partition coefficient (Wildman–Crippen LogP) is 3.66. The van der Waals surface area contributed by atoms with Gasteiger partial charge in [-0.2, -0.15) is 0 Å². The van der Waals surface area contributed by atoms with Gasteiger partial charge in [0.15, 0.2) is 5.78 Å². The minimum atomic E-state index is 0.209. The first kappa shape index (κ1) is 11.2. The molecule has 1 rings (SSSR count). The van der Waals surface area contributed by atoms with Crippen LogP contribution in [0.2, 0.25) is 0 Å². The summed E-state index contributed by atoms with van der Waals surface area (Å²) in [5.41, 5.74) is 2.70. The van der Waals surface area contributed by atoms with E-state index in [-0.39, 0.29) is 5.78 Å². The summed E-state index contributed by atoms with van der Waals surface area (Å²) in [4.78, 5) is 11.7. The second-order valence-corrected chi connectivity index (χ2v) is 4.96. The second-order valence-electron chi connectivity index (χ2n) is 4.96. The van der Waals surface area contributed by atoms with Crippen LogP contribution in [0.3, 0.4) is 0 Å². The highest BCUT2D eigenvalue weighted by Gasteiger charge is 2.26. The van der Waals surface area contributed by atoms with Crippen LogP contribution in [0.4, 0.5) is 0 Å². The first-order chi connectivity index (χ1) is 6.46. The summed E-state index contributed by atoms with van der Waals surface area (Å²) in [5.74, 6) is 0.209. The van der Waals surface area contributed by atoms with E-state index in [0.29, 0.717) is 5.41 Å². The number of ketones is 1. The predicted molar refractivity (Wildman–Crippen MR) is 60.2 cm³/mol. The van der Waals surface area contributed by atoms with Gasteiger partial charge < -0.3 is 0 Å². The molecular weight excluding hydrogens is 172 g/mol. The van der Waals surface area contributed by atoms with Crippen LogP contribution >= 0.6 is 0 Å². The summed E-state index contributed by atoms with van der Waals surface area (Å²) in [6.45, 7) is 8.53. The van der Waals surface area contributed by atoms with E-state index in [2.05, 4.69) is 20.8 Å². The molecule has 0 aromatic heterocycles. The highest BCUT2D eigenvalue weighted by molar-refractivity contribution is 6.04. The molecule has 0 aromatic carbocycles. The molecule has 14 heavy (non-hydrogen) atoms. The summed E-state index contributed by atoms with van der Waals surface area (Å²) >= 11 is 0. The number of hydrogen-bond acceptors (Lipinski definition) is 1. The number of carbonyl (C=O) groups excluding carboxylic acids is 1. The molecule has 0 saturated carbocycles. The Bertz CT molecular complexity index is 292. The molecule has 1 heteroatoms. The quantitative estimate of drug-likeness (QED) is 0.610. The Morgan fingerprint density at radius 2 is 2.07 bits per heavy atom. The lowest BCUT2D eigenvalue weighted by molar-refractivity contribution is -0.111. The van der Waals surface area contributed by atoms with E-state index in [1.165, 1.54) is 5.57 Å². The van der Waals surface area contributed by atoms with Crippen LogP contribution in [0, 0.1) is 5.41 Å². The highest BCUT2D eigenvalue weighted by atomic mass is 16.1. The zero-order valence-corrected chi connectivity index (χ0v) is 9.68. The van der Waals surface area contributed by atoms with Crippen molar-refractivity contribution >= 4 is 5.78 Å². The van der Waals surface area contributed by atoms with E-state index in [4.69, 9.17) is 0 Å². The minimum Gasteiger partial charge on any atom is -0.290 e. The number of allylic oxidation sites excluding steroid dienone is 4. The summed E-state index contributed by atoms with van der Waals surface area (Å²) < 4.78 is 0. The lowest BCUT2D eigenvalue weighted by Gasteiger charge is -2.31. The van der Waals surface area contributed by atoms with Crippen LogP contribution in [-0.4, -0.2) is 5.78 Å². The molecule has 0 aromatic rings. The van der Waals surface area contributed by atoms with Crippen LogP contribution in [0.25, 0.3) is 0 Å². The monoisotopic (exact) mass is 192 g/mol. The molecular formula is C13H20O. The van der Waals surface area contributed by atoms with Gasteiger partial charge >= 0.3 is 0 Å². The Labute approximate surface area is 86.9 Å². The van der Waals surface area contributed by atoms with E-state index >= 15 is 0 Å². The van der Waals surface area contributed by atoms with Gasteiger partial charge in [-0.1, -0.05) is 25.5 Å². The first-order valence-corrected chi connectivity index (χ1v) is 5.32. The van der Waals surface area contributed by atoms with Gasteiger partial charge in [0.05, 0.1) is 0 Å². The topological polar surface area (TPSA) is 17.1 Å². The van der Waals surface area contributed by atoms with Gasteiger partial charge in [0.1, 0.15) is 0 Å². The van der Waals surface area contributed by atoms with Crippen molar-refractivity contribution < 1.29 is 4.79 Å². The molecule has 1 aliphatic carbocycles. The lowest BCUT2D eigenvalue weighted by Crippen LogP contribution is -2.20. The normalized spacial score (nSPS) is 21.7. The van der Waals surface area contributed by atoms with Gasteiger partial charge in [-0.05, 0) is 50.2 Å². The van der Waals surface area contributed by atoms with Gasteiger partial charge in [0.25, 0.3) is 0 Å². The van der Waals surface area contributed by atoms with Crippen LogP contribution in [0.15, 0.2) is 23.3 Å². The van der Waals surface area contributed by atoms with Crippen molar-refractivity contribution in [2.24, 2.45) is 5.41 Å². The second kappa shape index (κ2) is 4.12. The van der Waals surface area contributed by atoms with E-state index in [0.717, 1.165) is 24.8 Å². The Hall–Kier alpha value is -0.850. The summed E-state index contributed by atoms with van der Waals surface area (Å²) in [6.07, 6.45) is 6.64. The van der Waals surface area contributed by atoms with Gasteiger partial charge in [0.2, 0.25) is 0 Å². The summed E-state index contributed by atoms with van der Waals surface area (Å²) in [6, 6.07) is 0. The van der Waals surface area contributed by atoms with Crippen molar-refractivity contribution in [3.63, 3.8) is 0 Å². The smallest absolute Gasteiger partial charge is 0.181 e. The maximum absolute atomic E-state index is 11.7. The zero-order valence-electron chi connectivity index (χ0n) is 9.68. The molecule has 0 radical (unpaired) electrons. The fourth-order valence-electron chi connectivity index (χ4n) is 2.18. The molecule has 0 fully saturated rings.